The van der Waals surface area contributed by atoms with Crippen LogP contribution in [0.15, 0.2) is 18.2 Å². The predicted molar refractivity (Wildman–Crippen MR) is 77.5 cm³/mol. The molecule has 5 heteroatoms. The first-order valence-corrected chi connectivity index (χ1v) is 7.08. The number of carbonyl (C=O) groups excluding carboxylic acids is 1. The number of benzene rings is 1. The first-order valence-electron chi connectivity index (χ1n) is 5.86. The quantitative estimate of drug-likeness (QED) is 0.692. The Labute approximate surface area is 114 Å². The molecule has 1 N–H and O–H groups in total. The van der Waals surface area contributed by atoms with Gasteiger partial charge in [-0.2, -0.15) is 0 Å². The maximum Gasteiger partial charge on any atom is 0.251 e. The average Bonchev–Trinajstić information content (AvgIpc) is 3.04. The Kier molecular flexibility index (Phi) is 2.87. The molecule has 1 aromatic heterocycles. The number of hydrogen-bond donors (Lipinski definition) is 1. The van der Waals surface area contributed by atoms with Crippen LogP contribution in [0.5, 0.6) is 0 Å². The van der Waals surface area contributed by atoms with Crippen molar-refractivity contribution in [1.82, 2.24) is 10.3 Å². The molecule has 1 heterocycles. The average molecular weight is 276 g/mol. The number of nitrogens with zero attached hydrogens (tertiary/aromatic N) is 1. The van der Waals surface area contributed by atoms with E-state index in [4.69, 9.17) is 12.2 Å². The number of thiazole rings is 1. The van der Waals surface area contributed by atoms with Crippen molar-refractivity contribution >= 4 is 44.5 Å². The summed E-state index contributed by atoms with van der Waals surface area (Å²) in [6.07, 6.45) is 2.20. The molecule has 0 atom stereocenters. The number of hydrogen-bond acceptors (Lipinski definition) is 4. The lowest BCUT2D eigenvalue weighted by Gasteiger charge is -2.02. The van der Waals surface area contributed by atoms with Gasteiger partial charge in [0.1, 0.15) is 5.01 Å². The highest BCUT2D eigenvalue weighted by Crippen LogP contribution is 2.25. The van der Waals surface area contributed by atoms with Gasteiger partial charge in [0.2, 0.25) is 0 Å². The van der Waals surface area contributed by atoms with Crippen LogP contribution in [-0.4, -0.2) is 21.8 Å². The van der Waals surface area contributed by atoms with Crippen LogP contribution in [0.2, 0.25) is 0 Å². The highest BCUT2D eigenvalue weighted by atomic mass is 32.1. The van der Waals surface area contributed by atoms with E-state index in [9.17, 15) is 4.79 Å². The number of aromatic nitrogens is 1. The molecule has 0 bridgehead atoms. The van der Waals surface area contributed by atoms with Crippen LogP contribution >= 0.6 is 23.6 Å². The van der Waals surface area contributed by atoms with Gasteiger partial charge >= 0.3 is 0 Å². The van der Waals surface area contributed by atoms with Crippen molar-refractivity contribution in [3.63, 3.8) is 0 Å². The zero-order valence-corrected chi connectivity index (χ0v) is 11.5. The molecular formula is C13H12N2OS2. The monoisotopic (exact) mass is 276 g/mol. The minimum atomic E-state index is 0.00780. The maximum absolute atomic E-state index is 11.9. The molecule has 0 unspecified atom stereocenters. The Bertz CT molecular complexity index is 643. The van der Waals surface area contributed by atoms with E-state index in [-0.39, 0.29) is 5.91 Å². The van der Waals surface area contributed by atoms with E-state index in [1.165, 1.54) is 11.3 Å². The molecule has 0 spiro atoms. The molecule has 3 nitrogen and oxygen atoms in total. The highest BCUT2D eigenvalue weighted by molar-refractivity contribution is 7.81. The normalized spacial score (nSPS) is 14.7. The molecule has 1 amide bonds. The molecular weight excluding hydrogens is 264 g/mol. The third-order valence-corrected chi connectivity index (χ3v) is 4.32. The fraction of sp³-hybridized carbons (Fsp3) is 0.308. The summed E-state index contributed by atoms with van der Waals surface area (Å²) in [5.41, 5.74) is 1.61. The first kappa shape index (κ1) is 11.7. The zero-order valence-electron chi connectivity index (χ0n) is 9.90. The fourth-order valence-corrected chi connectivity index (χ4v) is 2.78. The number of thiocarbonyl (C=S) groups is 1. The topological polar surface area (TPSA) is 42.0 Å². The fourth-order valence-electron chi connectivity index (χ4n) is 1.71. The Morgan fingerprint density at radius 2 is 2.28 bits per heavy atom. The van der Waals surface area contributed by atoms with E-state index in [2.05, 4.69) is 10.3 Å². The van der Waals surface area contributed by atoms with Crippen LogP contribution < -0.4 is 5.32 Å². The first-order chi connectivity index (χ1) is 8.63. The summed E-state index contributed by atoms with van der Waals surface area (Å²) in [4.78, 5) is 17.2. The van der Waals surface area contributed by atoms with Gasteiger partial charge in [-0.3, -0.25) is 4.79 Å². The van der Waals surface area contributed by atoms with Gasteiger partial charge in [-0.25, -0.2) is 4.98 Å². The summed E-state index contributed by atoms with van der Waals surface area (Å²) in [6, 6.07) is 5.98. The van der Waals surface area contributed by atoms with Gasteiger partial charge in [0.05, 0.1) is 10.2 Å². The number of fused-ring (bicyclic) bond motifs is 1. The summed E-state index contributed by atoms with van der Waals surface area (Å²) >= 11 is 6.66. The molecule has 1 aliphatic rings. The lowest BCUT2D eigenvalue weighted by molar-refractivity contribution is 0.0951. The minimum Gasteiger partial charge on any atom is -0.349 e. The largest absolute Gasteiger partial charge is 0.349 e. The Morgan fingerprint density at radius 1 is 1.50 bits per heavy atom. The Balaban J connectivity index is 1.94. The van der Waals surface area contributed by atoms with Crippen molar-refractivity contribution in [3.05, 3.63) is 28.8 Å². The number of amides is 1. The SMILES string of the molecule is CC(=S)c1nc2ccc(C(=O)NC3CC3)cc2s1. The molecule has 1 aliphatic carbocycles. The molecule has 3 rings (SSSR count). The van der Waals surface area contributed by atoms with Crippen LogP contribution in [0, 0.1) is 0 Å². The maximum atomic E-state index is 11.9. The second-order valence-electron chi connectivity index (χ2n) is 4.51. The van der Waals surface area contributed by atoms with E-state index in [1.807, 2.05) is 25.1 Å². The van der Waals surface area contributed by atoms with Gasteiger partial charge in [-0.05, 0) is 38.0 Å². The molecule has 0 radical (unpaired) electrons. The van der Waals surface area contributed by atoms with E-state index in [1.54, 1.807) is 0 Å². The van der Waals surface area contributed by atoms with Crippen LogP contribution in [0.25, 0.3) is 10.2 Å². The van der Waals surface area contributed by atoms with E-state index in [0.717, 1.165) is 32.9 Å². The number of nitrogens with one attached hydrogen (secondary N) is 1. The molecule has 18 heavy (non-hydrogen) atoms. The molecule has 2 aromatic rings. The Hall–Kier alpha value is -1.33. The summed E-state index contributed by atoms with van der Waals surface area (Å²) in [5.74, 6) is 0.00780. The summed E-state index contributed by atoms with van der Waals surface area (Å²) < 4.78 is 1.01. The number of carbonyl (C=O) groups is 1. The number of rotatable bonds is 3. The summed E-state index contributed by atoms with van der Waals surface area (Å²) in [6.45, 7) is 1.87. The van der Waals surface area contributed by atoms with Crippen LogP contribution in [0.4, 0.5) is 0 Å². The van der Waals surface area contributed by atoms with Gasteiger partial charge < -0.3 is 5.32 Å². The zero-order chi connectivity index (χ0) is 12.7. The van der Waals surface area contributed by atoms with Crippen LogP contribution in [0.3, 0.4) is 0 Å². The second kappa shape index (κ2) is 4.40. The molecule has 1 saturated carbocycles. The van der Waals surface area contributed by atoms with E-state index < -0.39 is 0 Å². The molecule has 1 fully saturated rings. The third kappa shape index (κ3) is 2.28. The van der Waals surface area contributed by atoms with Crippen molar-refractivity contribution < 1.29 is 4.79 Å². The standard InChI is InChI=1S/C13H12N2OS2/c1-7(17)13-15-10-5-2-8(6-11(10)18-13)12(16)14-9-3-4-9/h2,5-6,9H,3-4H2,1H3,(H,14,16). The van der Waals surface area contributed by atoms with Gasteiger partial charge in [-0.15, -0.1) is 11.3 Å². The van der Waals surface area contributed by atoms with Crippen molar-refractivity contribution in [2.75, 3.05) is 0 Å². The molecule has 0 saturated heterocycles. The molecule has 1 aromatic carbocycles. The van der Waals surface area contributed by atoms with Gasteiger partial charge in [0, 0.05) is 16.5 Å². The van der Waals surface area contributed by atoms with Gasteiger partial charge in [-0.1, -0.05) is 12.2 Å². The van der Waals surface area contributed by atoms with Gasteiger partial charge in [0.25, 0.3) is 5.91 Å². The molecule has 0 aliphatic heterocycles. The highest BCUT2D eigenvalue weighted by Gasteiger charge is 2.23. The van der Waals surface area contributed by atoms with Crippen molar-refractivity contribution in [2.24, 2.45) is 0 Å². The van der Waals surface area contributed by atoms with E-state index in [0.29, 0.717) is 11.6 Å². The predicted octanol–water partition coefficient (Wildman–Crippen LogP) is 2.93. The molecule has 92 valence electrons. The second-order valence-corrected chi connectivity index (χ2v) is 6.15. The van der Waals surface area contributed by atoms with Crippen molar-refractivity contribution in [3.8, 4) is 0 Å². The minimum absolute atomic E-state index is 0.00780. The van der Waals surface area contributed by atoms with Crippen LogP contribution in [0.1, 0.15) is 35.1 Å². The van der Waals surface area contributed by atoms with Gasteiger partial charge in [0.15, 0.2) is 0 Å². The summed E-state index contributed by atoms with van der Waals surface area (Å²) in [5, 5.41) is 3.84. The lowest BCUT2D eigenvalue weighted by Crippen LogP contribution is -2.25. The Morgan fingerprint density at radius 3 is 2.94 bits per heavy atom. The van der Waals surface area contributed by atoms with Crippen molar-refractivity contribution in [1.29, 1.82) is 0 Å². The summed E-state index contributed by atoms with van der Waals surface area (Å²) in [7, 11) is 0. The van der Waals surface area contributed by atoms with Crippen molar-refractivity contribution in [2.45, 2.75) is 25.8 Å². The van der Waals surface area contributed by atoms with Crippen LogP contribution in [-0.2, 0) is 0 Å². The smallest absolute Gasteiger partial charge is 0.251 e. The van der Waals surface area contributed by atoms with E-state index >= 15 is 0 Å². The lowest BCUT2D eigenvalue weighted by atomic mass is 10.2. The third-order valence-electron chi connectivity index (χ3n) is 2.86.